The van der Waals surface area contributed by atoms with Crippen LogP contribution in [0.2, 0.25) is 0 Å². The number of nitrogens with two attached hydrogens (primary N) is 1. The van der Waals surface area contributed by atoms with Crippen LogP contribution in [0.3, 0.4) is 0 Å². The molecule has 2 N–H and O–H groups in total. The highest BCUT2D eigenvalue weighted by Crippen LogP contribution is 2.15. The van der Waals surface area contributed by atoms with Gasteiger partial charge >= 0.3 is 5.97 Å². The highest BCUT2D eigenvalue weighted by Gasteiger charge is 2.22. The fourth-order valence-electron chi connectivity index (χ4n) is 1.77. The number of ether oxygens (including phenoxy) is 2. The maximum absolute atomic E-state index is 11.8. The molecular formula is C17H27NO3. The monoisotopic (exact) mass is 293 g/mol. The van der Waals surface area contributed by atoms with Crippen molar-refractivity contribution in [1.82, 2.24) is 0 Å². The van der Waals surface area contributed by atoms with E-state index in [0.29, 0.717) is 6.42 Å². The lowest BCUT2D eigenvalue weighted by Gasteiger charge is -2.22. The number of hydrogen-bond acceptors (Lipinski definition) is 4. The maximum Gasteiger partial charge on any atom is 0.323 e. The zero-order chi connectivity index (χ0) is 15.9. The third kappa shape index (κ3) is 7.14. The Morgan fingerprint density at radius 2 is 1.86 bits per heavy atom. The van der Waals surface area contributed by atoms with Gasteiger partial charge in [-0.05, 0) is 51.3 Å². The molecule has 0 bridgehead atoms. The quantitative estimate of drug-likeness (QED) is 0.620. The predicted octanol–water partition coefficient (Wildman–Crippen LogP) is 3.08. The van der Waals surface area contributed by atoms with Gasteiger partial charge in [0.25, 0.3) is 0 Å². The molecule has 1 rings (SSSR count). The fourth-order valence-corrected chi connectivity index (χ4v) is 1.77. The standard InChI is InChI=1S/C17H27NO3/c1-5-6-11-20-14-9-7-13(8-10-14)12-15(18)16(19)21-17(2,3)4/h7-10,15H,5-6,11-12,18H2,1-4H3/t15-/m0/s1. The topological polar surface area (TPSA) is 61.5 Å². The Kier molecular flexibility index (Phi) is 6.69. The minimum absolute atomic E-state index is 0.370. The van der Waals surface area contributed by atoms with E-state index in [-0.39, 0.29) is 5.97 Å². The van der Waals surface area contributed by atoms with E-state index in [0.717, 1.165) is 30.8 Å². The molecule has 0 amide bonds. The Morgan fingerprint density at radius 1 is 1.24 bits per heavy atom. The third-order valence-electron chi connectivity index (χ3n) is 2.86. The van der Waals surface area contributed by atoms with Crippen LogP contribution in [0.1, 0.15) is 46.1 Å². The average molecular weight is 293 g/mol. The van der Waals surface area contributed by atoms with E-state index >= 15 is 0 Å². The zero-order valence-electron chi connectivity index (χ0n) is 13.5. The molecule has 0 spiro atoms. The molecule has 1 atom stereocenters. The highest BCUT2D eigenvalue weighted by atomic mass is 16.6. The lowest BCUT2D eigenvalue weighted by Crippen LogP contribution is -2.38. The molecule has 0 fully saturated rings. The normalized spacial score (nSPS) is 12.8. The second-order valence-electron chi connectivity index (χ2n) is 6.19. The molecule has 0 saturated carbocycles. The number of hydrogen-bond donors (Lipinski definition) is 1. The Bertz CT molecular complexity index is 434. The van der Waals surface area contributed by atoms with E-state index in [1.807, 2.05) is 45.0 Å². The van der Waals surface area contributed by atoms with Gasteiger partial charge in [-0.25, -0.2) is 0 Å². The number of carbonyl (C=O) groups is 1. The van der Waals surface area contributed by atoms with Crippen LogP contribution in [0.4, 0.5) is 0 Å². The van der Waals surface area contributed by atoms with Gasteiger partial charge < -0.3 is 15.2 Å². The first kappa shape index (κ1) is 17.5. The summed E-state index contributed by atoms with van der Waals surface area (Å²) in [7, 11) is 0. The van der Waals surface area contributed by atoms with Gasteiger partial charge in [-0.1, -0.05) is 25.5 Å². The fraction of sp³-hybridized carbons (Fsp3) is 0.588. The van der Waals surface area contributed by atoms with Crippen LogP contribution in [-0.4, -0.2) is 24.2 Å². The second kappa shape index (κ2) is 8.03. The molecule has 4 heteroatoms. The number of unbranched alkanes of at least 4 members (excludes halogenated alkanes) is 1. The summed E-state index contributed by atoms with van der Waals surface area (Å²) < 4.78 is 10.9. The average Bonchev–Trinajstić information content (AvgIpc) is 2.39. The summed E-state index contributed by atoms with van der Waals surface area (Å²) in [5, 5.41) is 0. The molecule has 1 aromatic carbocycles. The Morgan fingerprint density at radius 3 is 2.38 bits per heavy atom. The van der Waals surface area contributed by atoms with Crippen molar-refractivity contribution in [2.45, 2.75) is 58.6 Å². The number of benzene rings is 1. The summed E-state index contributed by atoms with van der Waals surface area (Å²) in [6.07, 6.45) is 2.62. The molecule has 1 aromatic rings. The minimum atomic E-state index is -0.643. The van der Waals surface area contributed by atoms with Crippen molar-refractivity contribution in [3.8, 4) is 5.75 Å². The summed E-state index contributed by atoms with van der Waals surface area (Å²) in [6.45, 7) is 8.36. The Hall–Kier alpha value is -1.55. The summed E-state index contributed by atoms with van der Waals surface area (Å²) in [5.41, 5.74) is 6.38. The van der Waals surface area contributed by atoms with E-state index in [1.54, 1.807) is 0 Å². The molecule has 0 saturated heterocycles. The first-order chi connectivity index (χ1) is 9.81. The first-order valence-electron chi connectivity index (χ1n) is 7.52. The van der Waals surface area contributed by atoms with E-state index in [9.17, 15) is 4.79 Å². The zero-order valence-corrected chi connectivity index (χ0v) is 13.5. The van der Waals surface area contributed by atoms with Crippen LogP contribution in [-0.2, 0) is 16.0 Å². The van der Waals surface area contributed by atoms with Crippen molar-refractivity contribution < 1.29 is 14.3 Å². The van der Waals surface area contributed by atoms with E-state index in [2.05, 4.69) is 6.92 Å². The summed E-state index contributed by atoms with van der Waals surface area (Å²) in [6, 6.07) is 7.05. The molecule has 0 heterocycles. The van der Waals surface area contributed by atoms with Gasteiger partial charge in [0.1, 0.15) is 17.4 Å². The van der Waals surface area contributed by atoms with Gasteiger partial charge in [-0.3, -0.25) is 4.79 Å². The Labute approximate surface area is 127 Å². The summed E-state index contributed by atoms with van der Waals surface area (Å²) in [5.74, 6) is 0.476. The lowest BCUT2D eigenvalue weighted by molar-refractivity contribution is -0.156. The second-order valence-corrected chi connectivity index (χ2v) is 6.19. The third-order valence-corrected chi connectivity index (χ3v) is 2.86. The van der Waals surface area contributed by atoms with Gasteiger partial charge in [0.15, 0.2) is 0 Å². The van der Waals surface area contributed by atoms with Gasteiger partial charge in [-0.15, -0.1) is 0 Å². The van der Waals surface area contributed by atoms with Crippen molar-refractivity contribution >= 4 is 5.97 Å². The van der Waals surface area contributed by atoms with Crippen LogP contribution >= 0.6 is 0 Å². The van der Waals surface area contributed by atoms with Crippen LogP contribution in [0.25, 0.3) is 0 Å². The molecule has 4 nitrogen and oxygen atoms in total. The smallest absolute Gasteiger partial charge is 0.323 e. The van der Waals surface area contributed by atoms with Gasteiger partial charge in [0.2, 0.25) is 0 Å². The molecule has 118 valence electrons. The largest absolute Gasteiger partial charge is 0.494 e. The van der Waals surface area contributed by atoms with E-state index in [1.165, 1.54) is 0 Å². The molecule has 0 aliphatic rings. The van der Waals surface area contributed by atoms with Crippen molar-refractivity contribution in [3.05, 3.63) is 29.8 Å². The van der Waals surface area contributed by atoms with Crippen LogP contribution in [0.5, 0.6) is 5.75 Å². The SMILES string of the molecule is CCCCOc1ccc(C[C@H](N)C(=O)OC(C)(C)C)cc1. The van der Waals surface area contributed by atoms with E-state index in [4.69, 9.17) is 15.2 Å². The van der Waals surface area contributed by atoms with Gasteiger partial charge in [-0.2, -0.15) is 0 Å². The molecule has 0 aliphatic heterocycles. The number of rotatable bonds is 7. The van der Waals surface area contributed by atoms with Crippen molar-refractivity contribution in [1.29, 1.82) is 0 Å². The lowest BCUT2D eigenvalue weighted by atomic mass is 10.1. The maximum atomic E-state index is 11.8. The first-order valence-corrected chi connectivity index (χ1v) is 7.52. The van der Waals surface area contributed by atoms with Gasteiger partial charge in [0.05, 0.1) is 6.61 Å². The van der Waals surface area contributed by atoms with E-state index < -0.39 is 11.6 Å². The molecule has 0 unspecified atom stereocenters. The van der Waals surface area contributed by atoms with Gasteiger partial charge in [0, 0.05) is 0 Å². The molecule has 0 radical (unpaired) electrons. The highest BCUT2D eigenvalue weighted by molar-refractivity contribution is 5.76. The minimum Gasteiger partial charge on any atom is -0.494 e. The Balaban J connectivity index is 2.49. The van der Waals surface area contributed by atoms with Crippen LogP contribution in [0, 0.1) is 0 Å². The summed E-state index contributed by atoms with van der Waals surface area (Å²) >= 11 is 0. The predicted molar refractivity (Wildman–Crippen MR) is 84.4 cm³/mol. The van der Waals surface area contributed by atoms with Crippen molar-refractivity contribution in [2.24, 2.45) is 5.73 Å². The van der Waals surface area contributed by atoms with Crippen LogP contribution < -0.4 is 10.5 Å². The molecular weight excluding hydrogens is 266 g/mol. The van der Waals surface area contributed by atoms with Crippen molar-refractivity contribution in [3.63, 3.8) is 0 Å². The number of carbonyl (C=O) groups excluding carboxylic acids is 1. The molecule has 21 heavy (non-hydrogen) atoms. The number of esters is 1. The van der Waals surface area contributed by atoms with Crippen molar-refractivity contribution in [2.75, 3.05) is 6.61 Å². The summed E-state index contributed by atoms with van der Waals surface area (Å²) in [4.78, 5) is 11.8. The van der Waals surface area contributed by atoms with Crippen LogP contribution in [0.15, 0.2) is 24.3 Å². The molecule has 0 aliphatic carbocycles. The molecule has 0 aromatic heterocycles.